The number of carbonyl (C=O) groups excluding carboxylic acids is 2. The van der Waals surface area contributed by atoms with Crippen molar-refractivity contribution in [1.82, 2.24) is 35.2 Å². The van der Waals surface area contributed by atoms with Gasteiger partial charge in [0.1, 0.15) is 5.75 Å². The summed E-state index contributed by atoms with van der Waals surface area (Å²) in [5, 5.41) is 15.7. The molecule has 0 spiro atoms. The lowest BCUT2D eigenvalue weighted by Gasteiger charge is -2.27. The predicted molar refractivity (Wildman–Crippen MR) is 128 cm³/mol. The summed E-state index contributed by atoms with van der Waals surface area (Å²) < 4.78 is 10.5. The van der Waals surface area contributed by atoms with E-state index in [9.17, 15) is 9.59 Å². The van der Waals surface area contributed by atoms with Crippen molar-refractivity contribution in [1.29, 1.82) is 0 Å². The summed E-state index contributed by atoms with van der Waals surface area (Å²) in [7, 11) is 1.60. The van der Waals surface area contributed by atoms with Gasteiger partial charge in [0, 0.05) is 31.5 Å². The van der Waals surface area contributed by atoms with Crippen LogP contribution in [0.15, 0.2) is 59.1 Å². The molecule has 0 saturated carbocycles. The van der Waals surface area contributed by atoms with Gasteiger partial charge in [-0.2, -0.15) is 14.9 Å². The van der Waals surface area contributed by atoms with Crippen molar-refractivity contribution in [2.75, 3.05) is 20.2 Å². The maximum absolute atomic E-state index is 13.3. The molecule has 2 aromatic heterocycles. The Labute approximate surface area is 207 Å². The SMILES string of the molecule is COc1ccc(-c2noc(CCC(=O)N3CCCN3C(=O)c3nn(-c4ccccc4)nc3C)n2)cc1. The minimum Gasteiger partial charge on any atom is -0.497 e. The molecule has 1 aliphatic heterocycles. The van der Waals surface area contributed by atoms with Gasteiger partial charge in [0.2, 0.25) is 17.6 Å². The Hall–Kier alpha value is -4.54. The molecule has 11 nitrogen and oxygen atoms in total. The van der Waals surface area contributed by atoms with E-state index in [0.29, 0.717) is 36.9 Å². The molecule has 5 rings (SSSR count). The second-order valence-electron chi connectivity index (χ2n) is 8.30. The molecule has 184 valence electrons. The Kier molecular flexibility index (Phi) is 6.44. The molecule has 1 saturated heterocycles. The number of carbonyl (C=O) groups is 2. The van der Waals surface area contributed by atoms with E-state index >= 15 is 0 Å². The summed E-state index contributed by atoms with van der Waals surface area (Å²) in [6, 6.07) is 16.7. The molecular weight excluding hydrogens is 462 g/mol. The molecule has 0 N–H and O–H groups in total. The normalized spacial score (nSPS) is 13.3. The third kappa shape index (κ3) is 4.67. The van der Waals surface area contributed by atoms with Crippen molar-refractivity contribution in [3.63, 3.8) is 0 Å². The fraction of sp³-hybridized carbons (Fsp3) is 0.280. The Morgan fingerprint density at radius 1 is 1.00 bits per heavy atom. The lowest BCUT2D eigenvalue weighted by molar-refractivity contribution is -0.140. The van der Waals surface area contributed by atoms with E-state index in [1.807, 2.05) is 54.6 Å². The summed E-state index contributed by atoms with van der Waals surface area (Å²) in [5.41, 5.74) is 2.26. The lowest BCUT2D eigenvalue weighted by atomic mass is 10.2. The number of hydrazine groups is 1. The van der Waals surface area contributed by atoms with Gasteiger partial charge in [-0.1, -0.05) is 23.4 Å². The van der Waals surface area contributed by atoms with Crippen LogP contribution in [0.25, 0.3) is 17.1 Å². The van der Waals surface area contributed by atoms with Crippen molar-refractivity contribution < 1.29 is 18.8 Å². The second-order valence-corrected chi connectivity index (χ2v) is 8.30. The minimum atomic E-state index is -0.347. The molecule has 11 heteroatoms. The fourth-order valence-corrected chi connectivity index (χ4v) is 4.01. The van der Waals surface area contributed by atoms with E-state index in [0.717, 1.165) is 17.0 Å². The molecule has 3 heterocycles. The van der Waals surface area contributed by atoms with Crippen LogP contribution in [0.5, 0.6) is 5.75 Å². The quantitative estimate of drug-likeness (QED) is 0.390. The van der Waals surface area contributed by atoms with Gasteiger partial charge in [0.25, 0.3) is 5.91 Å². The summed E-state index contributed by atoms with van der Waals surface area (Å²) in [5.74, 6) is 0.983. The van der Waals surface area contributed by atoms with Crippen LogP contribution in [-0.2, 0) is 11.2 Å². The molecule has 2 amide bonds. The zero-order chi connectivity index (χ0) is 25.1. The lowest BCUT2D eigenvalue weighted by Crippen LogP contribution is -2.45. The molecule has 0 radical (unpaired) electrons. The number of amides is 2. The second kappa shape index (κ2) is 9.98. The van der Waals surface area contributed by atoms with Crippen LogP contribution < -0.4 is 4.74 Å². The number of methoxy groups -OCH3 is 1. The Balaban J connectivity index is 1.23. The van der Waals surface area contributed by atoms with E-state index in [4.69, 9.17) is 9.26 Å². The molecule has 0 bridgehead atoms. The van der Waals surface area contributed by atoms with Gasteiger partial charge in [0.05, 0.1) is 18.5 Å². The Morgan fingerprint density at radius 3 is 2.50 bits per heavy atom. The van der Waals surface area contributed by atoms with Crippen LogP contribution in [-0.4, -0.2) is 67.2 Å². The van der Waals surface area contributed by atoms with Gasteiger partial charge in [-0.15, -0.1) is 5.10 Å². The number of hydrogen-bond donors (Lipinski definition) is 0. The first-order valence-corrected chi connectivity index (χ1v) is 11.6. The zero-order valence-electron chi connectivity index (χ0n) is 20.0. The van der Waals surface area contributed by atoms with Crippen LogP contribution in [0.1, 0.15) is 34.9 Å². The first-order chi connectivity index (χ1) is 17.5. The van der Waals surface area contributed by atoms with Crippen LogP contribution in [0.2, 0.25) is 0 Å². The molecule has 0 aliphatic carbocycles. The smallest absolute Gasteiger partial charge is 0.294 e. The molecule has 2 aromatic carbocycles. The molecule has 1 fully saturated rings. The van der Waals surface area contributed by atoms with E-state index in [2.05, 4.69) is 20.3 Å². The third-order valence-electron chi connectivity index (χ3n) is 5.89. The molecule has 1 aliphatic rings. The Morgan fingerprint density at radius 2 is 1.75 bits per heavy atom. The monoisotopic (exact) mass is 487 g/mol. The van der Waals surface area contributed by atoms with E-state index in [-0.39, 0.29) is 30.3 Å². The number of aryl methyl sites for hydroxylation is 2. The summed E-state index contributed by atoms with van der Waals surface area (Å²) in [6.45, 7) is 2.62. The molecule has 0 atom stereocenters. The van der Waals surface area contributed by atoms with Crippen LogP contribution in [0.3, 0.4) is 0 Å². The van der Waals surface area contributed by atoms with Crippen molar-refractivity contribution in [3.05, 3.63) is 71.9 Å². The van der Waals surface area contributed by atoms with Gasteiger partial charge in [0.15, 0.2) is 5.69 Å². The topological polar surface area (TPSA) is 119 Å². The maximum Gasteiger partial charge on any atom is 0.294 e. The van der Waals surface area contributed by atoms with Crippen LogP contribution in [0.4, 0.5) is 0 Å². The van der Waals surface area contributed by atoms with Gasteiger partial charge < -0.3 is 9.26 Å². The van der Waals surface area contributed by atoms with Crippen molar-refractivity contribution in [3.8, 4) is 22.8 Å². The van der Waals surface area contributed by atoms with Gasteiger partial charge >= 0.3 is 0 Å². The van der Waals surface area contributed by atoms with Crippen LogP contribution in [0, 0.1) is 6.92 Å². The number of rotatable bonds is 7. The van der Waals surface area contributed by atoms with E-state index in [1.54, 1.807) is 14.0 Å². The highest BCUT2D eigenvalue weighted by molar-refractivity contribution is 5.94. The number of benzene rings is 2. The average Bonchev–Trinajstić information content (AvgIpc) is 3.67. The number of ether oxygens (including phenoxy) is 1. The zero-order valence-corrected chi connectivity index (χ0v) is 20.0. The molecule has 0 unspecified atom stereocenters. The summed E-state index contributed by atoms with van der Waals surface area (Å²) >= 11 is 0. The largest absolute Gasteiger partial charge is 0.497 e. The summed E-state index contributed by atoms with van der Waals surface area (Å²) in [4.78, 5) is 32.1. The van der Waals surface area contributed by atoms with Crippen molar-refractivity contribution in [2.45, 2.75) is 26.2 Å². The molecule has 4 aromatic rings. The highest BCUT2D eigenvalue weighted by Crippen LogP contribution is 2.21. The fourth-order valence-electron chi connectivity index (χ4n) is 4.01. The molecular formula is C25H25N7O4. The van der Waals surface area contributed by atoms with E-state index < -0.39 is 0 Å². The standard InChI is InChI=1S/C25H25N7O4/c1-17-23(28-32(27-17)19-7-4-3-5-8-19)25(34)31-16-6-15-30(31)22(33)14-13-21-26-24(29-36-21)18-9-11-20(35-2)12-10-18/h3-5,7-12H,6,13-16H2,1-2H3. The number of nitrogens with zero attached hydrogens (tertiary/aromatic N) is 7. The highest BCUT2D eigenvalue weighted by atomic mass is 16.5. The maximum atomic E-state index is 13.3. The third-order valence-corrected chi connectivity index (χ3v) is 5.89. The average molecular weight is 488 g/mol. The molecule has 36 heavy (non-hydrogen) atoms. The number of aromatic nitrogens is 5. The first kappa shape index (κ1) is 23.2. The van der Waals surface area contributed by atoms with Crippen molar-refractivity contribution >= 4 is 11.8 Å². The van der Waals surface area contributed by atoms with Gasteiger partial charge in [-0.25, -0.2) is 5.01 Å². The van der Waals surface area contributed by atoms with Gasteiger partial charge in [-0.3, -0.25) is 14.6 Å². The van der Waals surface area contributed by atoms with Gasteiger partial charge in [-0.05, 0) is 49.7 Å². The summed E-state index contributed by atoms with van der Waals surface area (Å²) in [6.07, 6.45) is 1.08. The number of para-hydroxylation sites is 1. The Bertz CT molecular complexity index is 1360. The predicted octanol–water partition coefficient (Wildman–Crippen LogP) is 2.86. The number of hydrogen-bond acceptors (Lipinski definition) is 8. The first-order valence-electron chi connectivity index (χ1n) is 11.6. The van der Waals surface area contributed by atoms with Crippen molar-refractivity contribution in [2.24, 2.45) is 0 Å². The minimum absolute atomic E-state index is 0.129. The van der Waals surface area contributed by atoms with Crippen LogP contribution >= 0.6 is 0 Å². The highest BCUT2D eigenvalue weighted by Gasteiger charge is 2.33. The van der Waals surface area contributed by atoms with E-state index in [1.165, 1.54) is 14.8 Å².